The second kappa shape index (κ2) is 39.4. The highest BCUT2D eigenvalue weighted by Gasteiger charge is 2.34. The Hall–Kier alpha value is -2.08. The normalized spacial score (nSPS) is 12.7. The zero-order valence-electron chi connectivity index (χ0n) is 35.1. The molecule has 1 aliphatic heterocycles. The molecule has 0 fully saturated rings. The van der Waals surface area contributed by atoms with E-state index in [1.54, 1.807) is 24.3 Å². The van der Waals surface area contributed by atoms with E-state index >= 15 is 0 Å². The van der Waals surface area contributed by atoms with E-state index in [9.17, 15) is 9.59 Å². The van der Waals surface area contributed by atoms with Crippen molar-refractivity contribution in [3.63, 3.8) is 0 Å². The zero-order valence-corrected chi connectivity index (χ0v) is 35.1. The van der Waals surface area contributed by atoms with Crippen molar-refractivity contribution in [2.45, 2.75) is 77.6 Å². The molecule has 1 aromatic carbocycles. The van der Waals surface area contributed by atoms with Gasteiger partial charge in [-0.3, -0.25) is 14.5 Å². The number of carbonyl (C=O) groups excluding carboxylic acids is 2. The maximum atomic E-state index is 12.3. The summed E-state index contributed by atoms with van der Waals surface area (Å²) >= 11 is 0. The van der Waals surface area contributed by atoms with Crippen molar-refractivity contribution in [1.82, 2.24) is 4.90 Å². The van der Waals surface area contributed by atoms with E-state index in [-0.39, 0.29) is 25.0 Å². The van der Waals surface area contributed by atoms with Crippen LogP contribution >= 0.6 is 0 Å². The van der Waals surface area contributed by atoms with Crippen LogP contribution in [0.25, 0.3) is 0 Å². The summed E-state index contributed by atoms with van der Waals surface area (Å²) < 4.78 is 60.8. The SMILES string of the molecule is CCCCCCCCCCCCCOCCOCCOCCOCCOCCOCCOCCOCCOCCOCCOCCN1C(=O)c2ccccc2C1=O. The van der Waals surface area contributed by atoms with Gasteiger partial charge in [0, 0.05) is 6.61 Å². The summed E-state index contributed by atoms with van der Waals surface area (Å²) in [6, 6.07) is 6.83. The van der Waals surface area contributed by atoms with Crippen LogP contribution in [0.3, 0.4) is 0 Å². The number of unbranched alkanes of at least 4 members (excludes halogenated alkanes) is 10. The Balaban J connectivity index is 1.14. The Morgan fingerprint density at radius 3 is 0.877 bits per heavy atom. The van der Waals surface area contributed by atoms with E-state index in [0.717, 1.165) is 13.0 Å². The molecule has 2 amide bonds. The highest BCUT2D eigenvalue weighted by atomic mass is 16.6. The number of hydrogen-bond acceptors (Lipinski definition) is 13. The van der Waals surface area contributed by atoms with Gasteiger partial charge in [-0.2, -0.15) is 0 Å². The summed E-state index contributed by atoms with van der Waals surface area (Å²) in [4.78, 5) is 25.9. The number of ether oxygens (including phenoxy) is 11. The lowest BCUT2D eigenvalue weighted by atomic mass is 10.1. The molecule has 1 aromatic rings. The first-order valence-corrected chi connectivity index (χ1v) is 21.6. The van der Waals surface area contributed by atoms with Gasteiger partial charge in [-0.05, 0) is 18.6 Å². The third-order valence-electron chi connectivity index (χ3n) is 8.95. The van der Waals surface area contributed by atoms with Gasteiger partial charge in [0.2, 0.25) is 0 Å². The molecule has 2 rings (SSSR count). The van der Waals surface area contributed by atoms with Crippen LogP contribution < -0.4 is 0 Å². The zero-order chi connectivity index (χ0) is 40.5. The van der Waals surface area contributed by atoms with E-state index < -0.39 is 0 Å². The molecule has 0 radical (unpaired) electrons. The average Bonchev–Trinajstić information content (AvgIpc) is 3.47. The van der Waals surface area contributed by atoms with Crippen LogP contribution in [0.5, 0.6) is 0 Å². The number of amides is 2. The first-order valence-electron chi connectivity index (χ1n) is 21.6. The van der Waals surface area contributed by atoms with Crippen molar-refractivity contribution in [3.8, 4) is 0 Å². The average molecular weight is 814 g/mol. The van der Waals surface area contributed by atoms with Crippen molar-refractivity contribution >= 4 is 11.8 Å². The standard InChI is InChI=1S/C43H75NO13/c1-2-3-4-5-6-7-8-9-10-11-14-18-47-20-22-49-24-26-51-28-30-53-32-34-55-36-38-57-39-37-56-35-33-54-31-29-52-27-25-50-23-21-48-19-17-44-42(45)40-15-12-13-16-41(40)43(44)46/h12-13,15-16H,2-11,14,17-39H2,1H3. The van der Waals surface area contributed by atoms with Crippen LogP contribution in [0.15, 0.2) is 24.3 Å². The molecule has 14 nitrogen and oxygen atoms in total. The number of carbonyl (C=O) groups is 2. The van der Waals surface area contributed by atoms with Crippen LogP contribution in [0.1, 0.15) is 98.3 Å². The van der Waals surface area contributed by atoms with Crippen LogP contribution in [0, 0.1) is 0 Å². The third kappa shape index (κ3) is 28.9. The van der Waals surface area contributed by atoms with Crippen molar-refractivity contribution in [2.75, 3.05) is 152 Å². The highest BCUT2D eigenvalue weighted by molar-refractivity contribution is 6.21. The molecule has 1 aliphatic rings. The summed E-state index contributed by atoms with van der Waals surface area (Å²) in [6.07, 6.45) is 14.8. The molecule has 0 N–H and O–H groups in total. The van der Waals surface area contributed by atoms with E-state index in [1.807, 2.05) is 0 Å². The lowest BCUT2D eigenvalue weighted by Gasteiger charge is -2.13. The van der Waals surface area contributed by atoms with Crippen LogP contribution in [0.2, 0.25) is 0 Å². The van der Waals surface area contributed by atoms with Gasteiger partial charge in [-0.25, -0.2) is 0 Å². The van der Waals surface area contributed by atoms with Crippen LogP contribution in [0.4, 0.5) is 0 Å². The Morgan fingerprint density at radius 1 is 0.333 bits per heavy atom. The summed E-state index contributed by atoms with van der Waals surface area (Å²) in [7, 11) is 0. The fourth-order valence-corrected chi connectivity index (χ4v) is 5.77. The van der Waals surface area contributed by atoms with Crippen LogP contribution in [-0.4, -0.2) is 169 Å². The van der Waals surface area contributed by atoms with Gasteiger partial charge in [0.05, 0.1) is 156 Å². The molecule has 57 heavy (non-hydrogen) atoms. The molecule has 0 aliphatic carbocycles. The van der Waals surface area contributed by atoms with E-state index in [4.69, 9.17) is 52.1 Å². The summed E-state index contributed by atoms with van der Waals surface area (Å²) in [5.41, 5.74) is 0.887. The Morgan fingerprint density at radius 2 is 0.579 bits per heavy atom. The first kappa shape index (κ1) is 51.1. The molecule has 0 saturated carbocycles. The molecule has 330 valence electrons. The minimum absolute atomic E-state index is 0.215. The quantitative estimate of drug-likeness (QED) is 0.0582. The third-order valence-corrected chi connectivity index (χ3v) is 8.95. The minimum atomic E-state index is -0.276. The summed E-state index contributed by atoms with van der Waals surface area (Å²) in [5.74, 6) is -0.552. The lowest BCUT2D eigenvalue weighted by molar-refractivity contribution is -0.0276. The maximum absolute atomic E-state index is 12.3. The Labute approximate surface area is 342 Å². The fourth-order valence-electron chi connectivity index (χ4n) is 5.77. The Kier molecular flexibility index (Phi) is 35.3. The fraction of sp³-hybridized carbons (Fsp3) is 0.814. The van der Waals surface area contributed by atoms with Gasteiger partial charge in [-0.15, -0.1) is 0 Å². The number of nitrogens with zero attached hydrogens (tertiary/aromatic N) is 1. The monoisotopic (exact) mass is 814 g/mol. The Bertz CT molecular complexity index is 1030. The van der Waals surface area contributed by atoms with Crippen molar-refractivity contribution in [2.24, 2.45) is 0 Å². The van der Waals surface area contributed by atoms with Crippen molar-refractivity contribution < 1.29 is 61.7 Å². The highest BCUT2D eigenvalue weighted by Crippen LogP contribution is 2.22. The number of rotatable bonds is 45. The van der Waals surface area contributed by atoms with Gasteiger partial charge >= 0.3 is 0 Å². The number of benzene rings is 1. The van der Waals surface area contributed by atoms with Gasteiger partial charge in [0.25, 0.3) is 11.8 Å². The molecular weight excluding hydrogens is 738 g/mol. The molecule has 1 heterocycles. The van der Waals surface area contributed by atoms with E-state index in [1.165, 1.54) is 69.1 Å². The van der Waals surface area contributed by atoms with Crippen LogP contribution in [-0.2, 0) is 52.1 Å². The minimum Gasteiger partial charge on any atom is -0.379 e. The maximum Gasteiger partial charge on any atom is 0.261 e. The summed E-state index contributed by atoms with van der Waals surface area (Å²) in [6.45, 7) is 13.6. The van der Waals surface area contributed by atoms with E-state index in [0.29, 0.717) is 143 Å². The number of fused-ring (bicyclic) bond motifs is 1. The summed E-state index contributed by atoms with van der Waals surface area (Å²) in [5, 5.41) is 0. The molecule has 0 bridgehead atoms. The molecule has 0 saturated heterocycles. The molecule has 0 unspecified atom stereocenters. The predicted molar refractivity (Wildman–Crippen MR) is 217 cm³/mol. The molecular formula is C43H75NO13. The van der Waals surface area contributed by atoms with Gasteiger partial charge in [0.1, 0.15) is 0 Å². The smallest absolute Gasteiger partial charge is 0.261 e. The number of hydrogen-bond donors (Lipinski definition) is 0. The van der Waals surface area contributed by atoms with Gasteiger partial charge in [-0.1, -0.05) is 83.3 Å². The molecule has 14 heteroatoms. The topological polar surface area (TPSA) is 139 Å². The van der Waals surface area contributed by atoms with Crippen molar-refractivity contribution in [1.29, 1.82) is 0 Å². The predicted octanol–water partition coefficient (Wildman–Crippen LogP) is 5.78. The molecule has 0 spiro atoms. The number of imide groups is 1. The van der Waals surface area contributed by atoms with Gasteiger partial charge < -0.3 is 52.1 Å². The van der Waals surface area contributed by atoms with Gasteiger partial charge in [0.15, 0.2) is 0 Å². The first-order chi connectivity index (χ1) is 28.3. The largest absolute Gasteiger partial charge is 0.379 e. The lowest BCUT2D eigenvalue weighted by Crippen LogP contribution is -2.33. The second-order valence-corrected chi connectivity index (χ2v) is 13.6. The molecule has 0 atom stereocenters. The van der Waals surface area contributed by atoms with Crippen molar-refractivity contribution in [3.05, 3.63) is 35.4 Å². The molecule has 0 aromatic heterocycles. The second-order valence-electron chi connectivity index (χ2n) is 13.6. The van der Waals surface area contributed by atoms with E-state index in [2.05, 4.69) is 6.92 Å².